The summed E-state index contributed by atoms with van der Waals surface area (Å²) in [5.74, 6) is -1.44. The van der Waals surface area contributed by atoms with Crippen molar-refractivity contribution >= 4 is 17.5 Å². The number of alkyl halides is 3. The van der Waals surface area contributed by atoms with Crippen LogP contribution in [0.25, 0.3) is 0 Å². The Balaban J connectivity index is 2.61. The van der Waals surface area contributed by atoms with Crippen molar-refractivity contribution in [3.63, 3.8) is 0 Å². The predicted molar refractivity (Wildman–Crippen MR) is 67.1 cm³/mol. The van der Waals surface area contributed by atoms with Gasteiger partial charge in [0.05, 0.1) is 0 Å². The maximum Gasteiger partial charge on any atom is 0.405 e. The minimum absolute atomic E-state index is 0.234. The molecule has 1 aromatic rings. The summed E-state index contributed by atoms with van der Waals surface area (Å²) >= 11 is 0. The van der Waals surface area contributed by atoms with Gasteiger partial charge in [0.15, 0.2) is 0 Å². The lowest BCUT2D eigenvalue weighted by Crippen LogP contribution is -2.42. The van der Waals surface area contributed by atoms with Crippen molar-refractivity contribution in [3.05, 3.63) is 29.8 Å². The summed E-state index contributed by atoms with van der Waals surface area (Å²) in [6.07, 6.45) is -4.46. The average Bonchev–Trinajstić information content (AvgIpc) is 2.35. The molecule has 0 saturated carbocycles. The summed E-state index contributed by atoms with van der Waals surface area (Å²) in [7, 11) is 0. The van der Waals surface area contributed by atoms with E-state index in [9.17, 15) is 22.8 Å². The molecule has 0 bridgehead atoms. The molecule has 20 heavy (non-hydrogen) atoms. The van der Waals surface area contributed by atoms with Gasteiger partial charge in [0, 0.05) is 11.3 Å². The van der Waals surface area contributed by atoms with E-state index in [4.69, 9.17) is 5.73 Å². The quantitative estimate of drug-likeness (QED) is 0.763. The number of nitrogens with two attached hydrogens (primary N) is 1. The molecule has 1 rings (SSSR count). The second-order valence-electron chi connectivity index (χ2n) is 4.14. The van der Waals surface area contributed by atoms with Crippen LogP contribution >= 0.6 is 0 Å². The number of primary amides is 1. The van der Waals surface area contributed by atoms with E-state index in [2.05, 4.69) is 5.32 Å². The van der Waals surface area contributed by atoms with Crippen molar-refractivity contribution in [1.29, 1.82) is 0 Å². The summed E-state index contributed by atoms with van der Waals surface area (Å²) in [6.45, 7) is 0.0157. The number of carbonyl (C=O) groups is 2. The van der Waals surface area contributed by atoms with Gasteiger partial charge in [-0.1, -0.05) is 6.07 Å². The fourth-order valence-corrected chi connectivity index (χ4v) is 1.42. The van der Waals surface area contributed by atoms with Crippen LogP contribution in [0.15, 0.2) is 24.3 Å². The van der Waals surface area contributed by atoms with Crippen LogP contribution in [0.2, 0.25) is 0 Å². The third-order valence-corrected chi connectivity index (χ3v) is 2.39. The molecule has 1 atom stereocenters. The zero-order valence-corrected chi connectivity index (χ0v) is 10.6. The Morgan fingerprint density at radius 2 is 2.00 bits per heavy atom. The first-order valence-electron chi connectivity index (χ1n) is 5.70. The first-order chi connectivity index (χ1) is 9.19. The summed E-state index contributed by atoms with van der Waals surface area (Å²) in [6, 6.07) is 5.13. The molecule has 0 aliphatic carbocycles. The number of benzene rings is 1. The SMILES string of the molecule is CC(Nc1cccc(C(N)=O)c1)C(=O)NCC(F)(F)F. The number of carbonyl (C=O) groups excluding carboxylic acids is 2. The van der Waals surface area contributed by atoms with Gasteiger partial charge in [-0.25, -0.2) is 0 Å². The number of amides is 2. The van der Waals surface area contributed by atoms with E-state index in [1.807, 2.05) is 0 Å². The highest BCUT2D eigenvalue weighted by atomic mass is 19.4. The highest BCUT2D eigenvalue weighted by Crippen LogP contribution is 2.13. The first kappa shape index (κ1) is 15.8. The molecule has 0 aliphatic heterocycles. The first-order valence-corrected chi connectivity index (χ1v) is 5.70. The number of halogens is 3. The third-order valence-electron chi connectivity index (χ3n) is 2.39. The molecule has 5 nitrogen and oxygen atoms in total. The maximum absolute atomic E-state index is 12.0. The highest BCUT2D eigenvalue weighted by molar-refractivity contribution is 5.94. The Morgan fingerprint density at radius 3 is 2.55 bits per heavy atom. The lowest BCUT2D eigenvalue weighted by Gasteiger charge is -2.16. The lowest BCUT2D eigenvalue weighted by molar-refractivity contribution is -0.138. The van der Waals surface area contributed by atoms with Gasteiger partial charge in [0.2, 0.25) is 11.8 Å². The number of nitrogens with one attached hydrogen (secondary N) is 2. The molecule has 0 aromatic heterocycles. The Bertz CT molecular complexity index is 503. The average molecular weight is 289 g/mol. The highest BCUT2D eigenvalue weighted by Gasteiger charge is 2.28. The van der Waals surface area contributed by atoms with Gasteiger partial charge in [-0.3, -0.25) is 9.59 Å². The fourth-order valence-electron chi connectivity index (χ4n) is 1.42. The molecular weight excluding hydrogens is 275 g/mol. The Kier molecular flexibility index (Phi) is 4.95. The molecule has 1 unspecified atom stereocenters. The van der Waals surface area contributed by atoms with Crippen molar-refractivity contribution in [2.24, 2.45) is 5.73 Å². The number of hydrogen-bond acceptors (Lipinski definition) is 3. The second kappa shape index (κ2) is 6.27. The zero-order valence-electron chi connectivity index (χ0n) is 10.6. The van der Waals surface area contributed by atoms with Crippen LogP contribution in [-0.4, -0.2) is 30.6 Å². The standard InChI is InChI=1S/C12H14F3N3O2/c1-7(11(20)17-6-12(13,14)15)18-9-4-2-3-8(5-9)10(16)19/h2-5,7,18H,6H2,1H3,(H2,16,19)(H,17,20). The number of rotatable bonds is 5. The molecular formula is C12H14F3N3O2. The minimum atomic E-state index is -4.46. The van der Waals surface area contributed by atoms with Crippen molar-refractivity contribution in [3.8, 4) is 0 Å². The van der Waals surface area contributed by atoms with Crippen molar-refractivity contribution in [1.82, 2.24) is 5.32 Å². The molecule has 0 radical (unpaired) electrons. The van der Waals surface area contributed by atoms with Gasteiger partial charge < -0.3 is 16.4 Å². The molecule has 110 valence electrons. The largest absolute Gasteiger partial charge is 0.405 e. The molecule has 0 fully saturated rings. The van der Waals surface area contributed by atoms with Crippen molar-refractivity contribution in [2.75, 3.05) is 11.9 Å². The minimum Gasteiger partial charge on any atom is -0.374 e. The summed E-state index contributed by atoms with van der Waals surface area (Å²) in [5.41, 5.74) is 5.74. The molecule has 0 spiro atoms. The van der Waals surface area contributed by atoms with Crippen LogP contribution in [0.3, 0.4) is 0 Å². The summed E-state index contributed by atoms with van der Waals surface area (Å²) in [5, 5.41) is 4.45. The Hall–Kier alpha value is -2.25. The molecule has 4 N–H and O–H groups in total. The van der Waals surface area contributed by atoms with E-state index in [0.717, 1.165) is 0 Å². The zero-order chi connectivity index (χ0) is 15.3. The number of hydrogen-bond donors (Lipinski definition) is 3. The van der Waals surface area contributed by atoms with E-state index >= 15 is 0 Å². The Morgan fingerprint density at radius 1 is 1.35 bits per heavy atom. The van der Waals surface area contributed by atoms with Gasteiger partial charge in [-0.2, -0.15) is 13.2 Å². The van der Waals surface area contributed by atoms with Crippen LogP contribution in [0, 0.1) is 0 Å². The fraction of sp³-hybridized carbons (Fsp3) is 0.333. The van der Waals surface area contributed by atoms with Gasteiger partial charge in [0.1, 0.15) is 12.6 Å². The topological polar surface area (TPSA) is 84.2 Å². The molecule has 2 amide bonds. The molecule has 0 heterocycles. The summed E-state index contributed by atoms with van der Waals surface area (Å²) in [4.78, 5) is 22.4. The lowest BCUT2D eigenvalue weighted by atomic mass is 10.2. The normalized spacial score (nSPS) is 12.6. The van der Waals surface area contributed by atoms with Crippen molar-refractivity contribution in [2.45, 2.75) is 19.1 Å². The predicted octanol–water partition coefficient (Wildman–Crippen LogP) is 1.26. The molecule has 0 saturated heterocycles. The van der Waals surface area contributed by atoms with Gasteiger partial charge in [-0.15, -0.1) is 0 Å². The van der Waals surface area contributed by atoms with Crippen molar-refractivity contribution < 1.29 is 22.8 Å². The molecule has 1 aromatic carbocycles. The Labute approximate surface area is 113 Å². The monoisotopic (exact) mass is 289 g/mol. The number of anilines is 1. The van der Waals surface area contributed by atoms with E-state index in [1.165, 1.54) is 19.1 Å². The van der Waals surface area contributed by atoms with E-state index < -0.39 is 30.6 Å². The second-order valence-corrected chi connectivity index (χ2v) is 4.14. The van der Waals surface area contributed by atoms with Crippen LogP contribution in [-0.2, 0) is 4.79 Å². The van der Waals surface area contributed by atoms with Crippen LogP contribution in [0.4, 0.5) is 18.9 Å². The third kappa shape index (κ3) is 5.17. The molecule has 0 aliphatic rings. The van der Waals surface area contributed by atoms with E-state index in [1.54, 1.807) is 17.4 Å². The smallest absolute Gasteiger partial charge is 0.374 e. The molecule has 8 heteroatoms. The maximum atomic E-state index is 12.0. The van der Waals surface area contributed by atoms with E-state index in [-0.39, 0.29) is 5.56 Å². The van der Waals surface area contributed by atoms with Crippen LogP contribution in [0.5, 0.6) is 0 Å². The van der Waals surface area contributed by atoms with Gasteiger partial charge in [-0.05, 0) is 25.1 Å². The van der Waals surface area contributed by atoms with Gasteiger partial charge >= 0.3 is 6.18 Å². The van der Waals surface area contributed by atoms with Crippen LogP contribution in [0.1, 0.15) is 17.3 Å². The van der Waals surface area contributed by atoms with Gasteiger partial charge in [0.25, 0.3) is 0 Å². The van der Waals surface area contributed by atoms with Crippen LogP contribution < -0.4 is 16.4 Å². The van der Waals surface area contributed by atoms with E-state index in [0.29, 0.717) is 5.69 Å². The summed E-state index contributed by atoms with van der Waals surface area (Å²) < 4.78 is 35.9.